The van der Waals surface area contributed by atoms with E-state index in [1.165, 1.54) is 51.4 Å². The van der Waals surface area contributed by atoms with Crippen molar-refractivity contribution in [2.75, 3.05) is 0 Å². The molecular weight excluding hydrogens is 228 g/mol. The largest absolute Gasteiger partial charge is 0.0654 e. The zero-order valence-corrected chi connectivity index (χ0v) is 14.9. The maximum absolute atomic E-state index is 2.57. The van der Waals surface area contributed by atoms with Crippen molar-refractivity contribution in [2.24, 2.45) is 23.2 Å². The minimum absolute atomic E-state index is 0.548. The van der Waals surface area contributed by atoms with Gasteiger partial charge in [-0.1, -0.05) is 93.4 Å². The Morgan fingerprint density at radius 3 is 1.95 bits per heavy atom. The lowest BCUT2D eigenvalue weighted by molar-refractivity contribution is 0.0671. The van der Waals surface area contributed by atoms with E-state index in [0.29, 0.717) is 5.41 Å². The minimum atomic E-state index is 0.548. The Morgan fingerprint density at radius 2 is 1.53 bits per heavy atom. The van der Waals surface area contributed by atoms with Crippen LogP contribution < -0.4 is 0 Å². The lowest BCUT2D eigenvalue weighted by Crippen LogP contribution is -2.34. The van der Waals surface area contributed by atoms with E-state index in [2.05, 4.69) is 48.5 Å². The smallest absolute Gasteiger partial charge is 0.0274 e. The maximum Gasteiger partial charge on any atom is -0.0274 e. The molecule has 0 fully saturated rings. The number of rotatable bonds is 11. The molecule has 0 heterocycles. The Morgan fingerprint density at radius 1 is 0.895 bits per heavy atom. The topological polar surface area (TPSA) is 0 Å². The van der Waals surface area contributed by atoms with Gasteiger partial charge in [0.15, 0.2) is 0 Å². The standard InChI is InChI=1S/C19H40/c1-8-12-13-14-17(6)19(7,11-4)18(10-3)15-16(5)9-2/h16-18H,8-15H2,1-7H3. The normalized spacial score (nSPS) is 19.7. The molecule has 0 rings (SSSR count). The summed E-state index contributed by atoms with van der Waals surface area (Å²) in [5.74, 6) is 2.67. The average molecular weight is 269 g/mol. The first-order valence-corrected chi connectivity index (χ1v) is 8.96. The van der Waals surface area contributed by atoms with Crippen LogP contribution in [-0.2, 0) is 0 Å². The zero-order chi connectivity index (χ0) is 14.9. The van der Waals surface area contributed by atoms with E-state index in [-0.39, 0.29) is 0 Å². The van der Waals surface area contributed by atoms with Crippen molar-refractivity contribution < 1.29 is 0 Å². The van der Waals surface area contributed by atoms with Crippen LogP contribution in [-0.4, -0.2) is 0 Å². The molecule has 0 spiro atoms. The lowest BCUT2D eigenvalue weighted by atomic mass is 9.62. The van der Waals surface area contributed by atoms with Gasteiger partial charge in [-0.3, -0.25) is 0 Å². The molecule has 0 radical (unpaired) electrons. The summed E-state index contributed by atoms with van der Waals surface area (Å²) < 4.78 is 0. The van der Waals surface area contributed by atoms with Gasteiger partial charge in [0.2, 0.25) is 0 Å². The second-order valence-electron chi connectivity index (χ2n) is 7.11. The van der Waals surface area contributed by atoms with E-state index in [1.54, 1.807) is 0 Å². The molecule has 0 saturated carbocycles. The number of hydrogen-bond donors (Lipinski definition) is 0. The van der Waals surface area contributed by atoms with Crippen LogP contribution in [0, 0.1) is 23.2 Å². The van der Waals surface area contributed by atoms with Gasteiger partial charge in [0, 0.05) is 0 Å². The van der Waals surface area contributed by atoms with E-state index in [4.69, 9.17) is 0 Å². The summed E-state index contributed by atoms with van der Waals surface area (Å²) in [5.41, 5.74) is 0.548. The predicted molar refractivity (Wildman–Crippen MR) is 89.6 cm³/mol. The first-order valence-electron chi connectivity index (χ1n) is 8.96. The fraction of sp³-hybridized carbons (Fsp3) is 1.00. The van der Waals surface area contributed by atoms with Gasteiger partial charge in [0.1, 0.15) is 0 Å². The van der Waals surface area contributed by atoms with Crippen molar-refractivity contribution in [3.8, 4) is 0 Å². The summed E-state index contributed by atoms with van der Waals surface area (Å²) in [4.78, 5) is 0. The van der Waals surface area contributed by atoms with Crippen molar-refractivity contribution in [1.82, 2.24) is 0 Å². The molecule has 0 aliphatic carbocycles. The van der Waals surface area contributed by atoms with Crippen LogP contribution >= 0.6 is 0 Å². The molecule has 4 unspecified atom stereocenters. The Balaban J connectivity index is 4.67. The highest BCUT2D eigenvalue weighted by Crippen LogP contribution is 2.45. The predicted octanol–water partition coefficient (Wildman–Crippen LogP) is 7.08. The van der Waals surface area contributed by atoms with Crippen LogP contribution in [0.1, 0.15) is 99.8 Å². The highest BCUT2D eigenvalue weighted by molar-refractivity contribution is 4.86. The van der Waals surface area contributed by atoms with Crippen molar-refractivity contribution in [3.05, 3.63) is 0 Å². The van der Waals surface area contributed by atoms with E-state index >= 15 is 0 Å². The molecule has 0 heteroatoms. The lowest BCUT2D eigenvalue weighted by Gasteiger charge is -2.43. The molecule has 19 heavy (non-hydrogen) atoms. The Bertz CT molecular complexity index is 208. The summed E-state index contributed by atoms with van der Waals surface area (Å²) in [6.45, 7) is 17.0. The molecule has 0 N–H and O–H groups in total. The fourth-order valence-corrected chi connectivity index (χ4v) is 3.62. The van der Waals surface area contributed by atoms with Crippen LogP contribution in [0.3, 0.4) is 0 Å². The fourth-order valence-electron chi connectivity index (χ4n) is 3.62. The van der Waals surface area contributed by atoms with Crippen LogP contribution in [0.15, 0.2) is 0 Å². The molecular formula is C19H40. The Hall–Kier alpha value is 0. The summed E-state index contributed by atoms with van der Waals surface area (Å²) in [6, 6.07) is 0. The first kappa shape index (κ1) is 19.0. The summed E-state index contributed by atoms with van der Waals surface area (Å²) in [5, 5.41) is 0. The van der Waals surface area contributed by atoms with Crippen molar-refractivity contribution >= 4 is 0 Å². The molecule has 0 aromatic heterocycles. The monoisotopic (exact) mass is 268 g/mol. The first-order chi connectivity index (χ1) is 8.96. The van der Waals surface area contributed by atoms with Gasteiger partial charge in [-0.25, -0.2) is 0 Å². The SMILES string of the molecule is CCCCCC(C)C(C)(CC)C(CC)CC(C)CC. The third-order valence-corrected chi connectivity index (χ3v) is 5.94. The number of unbranched alkanes of at least 4 members (excludes halogenated alkanes) is 2. The molecule has 0 aliphatic rings. The van der Waals surface area contributed by atoms with Gasteiger partial charge in [0.25, 0.3) is 0 Å². The summed E-state index contributed by atoms with van der Waals surface area (Å²) >= 11 is 0. The van der Waals surface area contributed by atoms with Gasteiger partial charge in [-0.2, -0.15) is 0 Å². The molecule has 0 amide bonds. The molecule has 4 atom stereocenters. The summed E-state index contributed by atoms with van der Waals surface area (Å²) in [7, 11) is 0. The molecule has 0 aliphatic heterocycles. The van der Waals surface area contributed by atoms with E-state index < -0.39 is 0 Å². The van der Waals surface area contributed by atoms with Crippen LogP contribution in [0.5, 0.6) is 0 Å². The second kappa shape index (κ2) is 9.83. The van der Waals surface area contributed by atoms with Gasteiger partial charge < -0.3 is 0 Å². The molecule has 0 saturated heterocycles. The average Bonchev–Trinajstić information content (AvgIpc) is 2.43. The second-order valence-corrected chi connectivity index (χ2v) is 7.11. The third kappa shape index (κ3) is 5.88. The molecule has 0 aromatic carbocycles. The van der Waals surface area contributed by atoms with Crippen LogP contribution in [0.2, 0.25) is 0 Å². The minimum Gasteiger partial charge on any atom is -0.0654 e. The molecule has 116 valence electrons. The summed E-state index contributed by atoms with van der Waals surface area (Å²) in [6.07, 6.45) is 11.1. The van der Waals surface area contributed by atoms with Crippen LogP contribution in [0.25, 0.3) is 0 Å². The van der Waals surface area contributed by atoms with Crippen molar-refractivity contribution in [1.29, 1.82) is 0 Å². The molecule has 0 aromatic rings. The van der Waals surface area contributed by atoms with Gasteiger partial charge in [-0.05, 0) is 29.6 Å². The van der Waals surface area contributed by atoms with Gasteiger partial charge >= 0.3 is 0 Å². The van der Waals surface area contributed by atoms with E-state index in [1.807, 2.05) is 0 Å². The zero-order valence-electron chi connectivity index (χ0n) is 14.9. The highest BCUT2D eigenvalue weighted by atomic mass is 14.4. The van der Waals surface area contributed by atoms with E-state index in [0.717, 1.165) is 17.8 Å². The van der Waals surface area contributed by atoms with Crippen molar-refractivity contribution in [2.45, 2.75) is 99.8 Å². The van der Waals surface area contributed by atoms with Gasteiger partial charge in [-0.15, -0.1) is 0 Å². The van der Waals surface area contributed by atoms with E-state index in [9.17, 15) is 0 Å². The quantitative estimate of drug-likeness (QED) is 0.351. The van der Waals surface area contributed by atoms with Crippen molar-refractivity contribution in [3.63, 3.8) is 0 Å². The number of hydrogen-bond acceptors (Lipinski definition) is 0. The molecule has 0 nitrogen and oxygen atoms in total. The van der Waals surface area contributed by atoms with Gasteiger partial charge in [0.05, 0.1) is 0 Å². The van der Waals surface area contributed by atoms with Crippen LogP contribution in [0.4, 0.5) is 0 Å². The highest BCUT2D eigenvalue weighted by Gasteiger charge is 2.36. The Kier molecular flexibility index (Phi) is 9.83. The third-order valence-electron chi connectivity index (χ3n) is 5.94. The Labute approximate surface area is 123 Å². The molecule has 0 bridgehead atoms. The maximum atomic E-state index is 2.57.